The van der Waals surface area contributed by atoms with Crippen LogP contribution < -0.4 is 0 Å². The molecule has 7 heteroatoms. The van der Waals surface area contributed by atoms with Gasteiger partial charge in [-0.15, -0.1) is 0 Å². The number of esters is 1. The van der Waals surface area contributed by atoms with Crippen molar-refractivity contribution in [3.63, 3.8) is 0 Å². The Balaban J connectivity index is 2.02. The number of rotatable bonds is 4. The number of nitrogens with zero attached hydrogens (tertiary/aromatic N) is 1. The normalized spacial score (nSPS) is 19.4. The van der Waals surface area contributed by atoms with E-state index in [-0.39, 0.29) is 28.9 Å². The molecule has 0 unspecified atom stereocenters. The highest BCUT2D eigenvalue weighted by Gasteiger charge is 2.31. The number of sulfone groups is 1. The molecule has 0 amide bonds. The molecule has 0 aliphatic carbocycles. The number of hydrogen-bond donors (Lipinski definition) is 1. The highest BCUT2D eigenvalue weighted by molar-refractivity contribution is 7.91. The fraction of sp³-hybridized carbons (Fsp3) is 0.389. The van der Waals surface area contributed by atoms with Crippen LogP contribution in [-0.4, -0.2) is 56.1 Å². The van der Waals surface area contributed by atoms with E-state index in [1.165, 1.54) is 7.11 Å². The van der Waals surface area contributed by atoms with Gasteiger partial charge < -0.3 is 9.84 Å². The molecule has 2 aromatic rings. The first kappa shape index (κ1) is 17.7. The lowest BCUT2D eigenvalue weighted by molar-refractivity contribution is 0.0597. The maximum absolute atomic E-state index is 12.0. The van der Waals surface area contributed by atoms with Gasteiger partial charge in [-0.1, -0.05) is 24.3 Å². The van der Waals surface area contributed by atoms with Gasteiger partial charge in [0.1, 0.15) is 11.3 Å². The van der Waals surface area contributed by atoms with Crippen LogP contribution in [0.1, 0.15) is 22.3 Å². The third kappa shape index (κ3) is 3.48. The lowest BCUT2D eigenvalue weighted by atomic mass is 9.98. The second kappa shape index (κ2) is 6.65. The van der Waals surface area contributed by atoms with E-state index in [1.807, 2.05) is 36.2 Å². The number of methoxy groups -OCH3 is 1. The van der Waals surface area contributed by atoms with E-state index in [1.54, 1.807) is 6.07 Å². The van der Waals surface area contributed by atoms with Crippen molar-refractivity contribution < 1.29 is 23.1 Å². The molecule has 0 radical (unpaired) electrons. The lowest BCUT2D eigenvalue weighted by Crippen LogP contribution is -2.32. The number of phenols is 1. The molecule has 3 rings (SSSR count). The summed E-state index contributed by atoms with van der Waals surface area (Å²) in [4.78, 5) is 13.9. The molecular weight excluding hydrogens is 342 g/mol. The van der Waals surface area contributed by atoms with E-state index < -0.39 is 15.8 Å². The molecule has 0 saturated carbocycles. The second-order valence-electron chi connectivity index (χ2n) is 6.44. The van der Waals surface area contributed by atoms with Gasteiger partial charge in [-0.05, 0) is 30.3 Å². The SMILES string of the molecule is COC(=O)c1cc2ccccc2c(CN(C)[C@@H]2CCS(=O)(=O)C2)c1O. The van der Waals surface area contributed by atoms with Gasteiger partial charge in [0, 0.05) is 18.2 Å². The predicted molar refractivity (Wildman–Crippen MR) is 95.5 cm³/mol. The highest BCUT2D eigenvalue weighted by Crippen LogP contribution is 2.33. The summed E-state index contributed by atoms with van der Waals surface area (Å²) in [5.74, 6) is -0.399. The third-order valence-corrected chi connectivity index (χ3v) is 6.52. The van der Waals surface area contributed by atoms with E-state index in [9.17, 15) is 18.3 Å². The zero-order valence-electron chi connectivity index (χ0n) is 14.2. The number of carbonyl (C=O) groups is 1. The molecule has 6 nitrogen and oxygen atoms in total. The Labute approximate surface area is 146 Å². The number of carbonyl (C=O) groups excluding carboxylic acids is 1. The third-order valence-electron chi connectivity index (χ3n) is 4.77. The zero-order chi connectivity index (χ0) is 18.2. The van der Waals surface area contributed by atoms with Crippen LogP contribution in [0.2, 0.25) is 0 Å². The summed E-state index contributed by atoms with van der Waals surface area (Å²) in [6.45, 7) is 0.345. The van der Waals surface area contributed by atoms with Crippen LogP contribution >= 0.6 is 0 Å². The molecule has 2 aromatic carbocycles. The minimum Gasteiger partial charge on any atom is -0.507 e. The summed E-state index contributed by atoms with van der Waals surface area (Å²) >= 11 is 0. The van der Waals surface area contributed by atoms with Gasteiger partial charge >= 0.3 is 5.97 Å². The Morgan fingerprint density at radius 2 is 2.08 bits per heavy atom. The van der Waals surface area contributed by atoms with E-state index in [0.29, 0.717) is 18.5 Å². The summed E-state index contributed by atoms with van der Waals surface area (Å²) in [5, 5.41) is 12.3. The summed E-state index contributed by atoms with van der Waals surface area (Å²) in [6.07, 6.45) is 0.578. The van der Waals surface area contributed by atoms with Gasteiger partial charge in [-0.25, -0.2) is 13.2 Å². The Bertz CT molecular complexity index is 922. The van der Waals surface area contributed by atoms with Crippen molar-refractivity contribution in [3.05, 3.63) is 41.5 Å². The number of aromatic hydroxyl groups is 1. The van der Waals surface area contributed by atoms with Crippen LogP contribution in [0.3, 0.4) is 0 Å². The van der Waals surface area contributed by atoms with Crippen LogP contribution in [0.15, 0.2) is 30.3 Å². The van der Waals surface area contributed by atoms with Crippen molar-refractivity contribution in [3.8, 4) is 5.75 Å². The molecule has 1 fully saturated rings. The number of phenolic OH excluding ortho intramolecular Hbond substituents is 1. The van der Waals surface area contributed by atoms with Gasteiger partial charge in [-0.3, -0.25) is 4.90 Å². The second-order valence-corrected chi connectivity index (χ2v) is 8.66. The topological polar surface area (TPSA) is 83.9 Å². The summed E-state index contributed by atoms with van der Waals surface area (Å²) < 4.78 is 28.2. The summed E-state index contributed by atoms with van der Waals surface area (Å²) in [7, 11) is 0.119. The molecule has 134 valence electrons. The van der Waals surface area contributed by atoms with Crippen LogP contribution in [-0.2, 0) is 21.1 Å². The van der Waals surface area contributed by atoms with Gasteiger partial charge in [0.25, 0.3) is 0 Å². The van der Waals surface area contributed by atoms with Crippen LogP contribution in [0.5, 0.6) is 5.75 Å². The Morgan fingerprint density at radius 3 is 2.72 bits per heavy atom. The van der Waals surface area contributed by atoms with E-state index in [4.69, 9.17) is 4.74 Å². The van der Waals surface area contributed by atoms with Crippen molar-refractivity contribution in [2.24, 2.45) is 0 Å². The zero-order valence-corrected chi connectivity index (χ0v) is 15.0. The van der Waals surface area contributed by atoms with Crippen molar-refractivity contribution in [1.82, 2.24) is 4.90 Å². The van der Waals surface area contributed by atoms with Crippen LogP contribution in [0.4, 0.5) is 0 Å². The monoisotopic (exact) mass is 363 g/mol. The Hall–Kier alpha value is -2.12. The average molecular weight is 363 g/mol. The van der Waals surface area contributed by atoms with E-state index in [2.05, 4.69) is 0 Å². The van der Waals surface area contributed by atoms with Crippen LogP contribution in [0, 0.1) is 0 Å². The Morgan fingerprint density at radius 1 is 1.36 bits per heavy atom. The van der Waals surface area contributed by atoms with E-state index in [0.717, 1.165) is 10.8 Å². The van der Waals surface area contributed by atoms with E-state index >= 15 is 0 Å². The minimum atomic E-state index is -2.99. The molecule has 1 saturated heterocycles. The van der Waals surface area contributed by atoms with Gasteiger partial charge in [0.05, 0.1) is 18.6 Å². The summed E-state index contributed by atoms with van der Waals surface area (Å²) in [6, 6.07) is 8.99. The summed E-state index contributed by atoms with van der Waals surface area (Å²) in [5.41, 5.74) is 0.717. The quantitative estimate of drug-likeness (QED) is 0.836. The largest absolute Gasteiger partial charge is 0.507 e. The molecule has 0 spiro atoms. The lowest BCUT2D eigenvalue weighted by Gasteiger charge is -2.24. The Kier molecular flexibility index (Phi) is 4.71. The number of ether oxygens (including phenoxy) is 1. The molecule has 1 aliphatic heterocycles. The molecule has 0 bridgehead atoms. The average Bonchev–Trinajstić information content (AvgIpc) is 2.96. The first-order chi connectivity index (χ1) is 11.8. The van der Waals surface area contributed by atoms with Crippen LogP contribution in [0.25, 0.3) is 10.8 Å². The molecule has 1 heterocycles. The number of benzene rings is 2. The molecular formula is C18H21NO5S. The minimum absolute atomic E-state index is 0.0926. The first-order valence-corrected chi connectivity index (χ1v) is 9.87. The smallest absolute Gasteiger partial charge is 0.341 e. The molecule has 1 aliphatic rings. The number of hydrogen-bond acceptors (Lipinski definition) is 6. The first-order valence-electron chi connectivity index (χ1n) is 8.05. The van der Waals surface area contributed by atoms with Gasteiger partial charge in [0.2, 0.25) is 0 Å². The number of fused-ring (bicyclic) bond motifs is 1. The van der Waals surface area contributed by atoms with Gasteiger partial charge in [0.15, 0.2) is 9.84 Å². The van der Waals surface area contributed by atoms with Crippen molar-refractivity contribution >= 4 is 26.6 Å². The maximum Gasteiger partial charge on any atom is 0.341 e. The molecule has 0 aromatic heterocycles. The molecule has 25 heavy (non-hydrogen) atoms. The van der Waals surface area contributed by atoms with Crippen molar-refractivity contribution in [2.75, 3.05) is 25.7 Å². The predicted octanol–water partition coefficient (Wildman–Crippen LogP) is 1.95. The van der Waals surface area contributed by atoms with Crippen molar-refractivity contribution in [1.29, 1.82) is 0 Å². The fourth-order valence-corrected chi connectivity index (χ4v) is 5.14. The fourth-order valence-electron chi connectivity index (χ4n) is 3.34. The van der Waals surface area contributed by atoms with Gasteiger partial charge in [-0.2, -0.15) is 0 Å². The highest BCUT2D eigenvalue weighted by atomic mass is 32.2. The molecule has 1 N–H and O–H groups in total. The van der Waals surface area contributed by atoms with Crippen molar-refractivity contribution in [2.45, 2.75) is 19.0 Å². The maximum atomic E-state index is 12.0. The molecule has 1 atom stereocenters. The standard InChI is InChI=1S/C18H21NO5S/c1-19(13-7-8-25(22,23)11-13)10-16-14-6-4-3-5-12(14)9-15(17(16)20)18(21)24-2/h3-6,9,13,20H,7-8,10-11H2,1-2H3/t13-/m1/s1.